The van der Waals surface area contributed by atoms with Gasteiger partial charge in [-0.3, -0.25) is 14.7 Å². The van der Waals surface area contributed by atoms with E-state index in [1.807, 2.05) is 12.4 Å². The summed E-state index contributed by atoms with van der Waals surface area (Å²) in [5, 5.41) is 0. The molecule has 0 unspecified atom stereocenters. The number of carbonyl (C=O) groups is 1. The number of furan rings is 1. The van der Waals surface area contributed by atoms with Gasteiger partial charge < -0.3 is 9.32 Å². The van der Waals surface area contributed by atoms with Crippen LogP contribution in [0.4, 0.5) is 0 Å². The number of hydrogen-bond acceptors (Lipinski definition) is 4. The Labute approximate surface area is 142 Å². The number of amides is 1. The van der Waals surface area contributed by atoms with Crippen LogP contribution >= 0.6 is 0 Å². The molecule has 126 valence electrons. The Morgan fingerprint density at radius 2 is 1.92 bits per heavy atom. The number of nitrogens with zero attached hydrogens (tertiary/aromatic N) is 3. The topological polar surface area (TPSA) is 49.6 Å². The molecular weight excluding hydrogens is 302 g/mol. The van der Waals surface area contributed by atoms with E-state index in [-0.39, 0.29) is 11.4 Å². The second-order valence-electron chi connectivity index (χ2n) is 6.89. The summed E-state index contributed by atoms with van der Waals surface area (Å²) in [6.07, 6.45) is 9.57. The Balaban J connectivity index is 1.42. The van der Waals surface area contributed by atoms with Crippen LogP contribution < -0.4 is 0 Å². The molecule has 5 heteroatoms. The number of hydrogen-bond donors (Lipinski definition) is 0. The van der Waals surface area contributed by atoms with Crippen molar-refractivity contribution in [2.75, 3.05) is 19.6 Å². The summed E-state index contributed by atoms with van der Waals surface area (Å²) in [6, 6.07) is 7.71. The fraction of sp³-hybridized carbons (Fsp3) is 0.474. The van der Waals surface area contributed by atoms with Crippen molar-refractivity contribution in [3.63, 3.8) is 0 Å². The van der Waals surface area contributed by atoms with Gasteiger partial charge in [-0.1, -0.05) is 0 Å². The molecule has 0 radical (unpaired) electrons. The quantitative estimate of drug-likeness (QED) is 0.870. The minimum Gasteiger partial charge on any atom is -0.459 e. The molecule has 0 bridgehead atoms. The fourth-order valence-corrected chi connectivity index (χ4v) is 4.18. The minimum atomic E-state index is 0.0264. The lowest BCUT2D eigenvalue weighted by Gasteiger charge is -2.44. The van der Waals surface area contributed by atoms with Gasteiger partial charge in [-0.2, -0.15) is 0 Å². The van der Waals surface area contributed by atoms with Crippen LogP contribution in [0.5, 0.6) is 0 Å². The van der Waals surface area contributed by atoms with Crippen LogP contribution in [0.2, 0.25) is 0 Å². The van der Waals surface area contributed by atoms with E-state index in [0.717, 1.165) is 51.9 Å². The number of pyridine rings is 1. The molecule has 2 aliphatic rings. The van der Waals surface area contributed by atoms with Crippen molar-refractivity contribution in [2.45, 2.75) is 37.8 Å². The van der Waals surface area contributed by atoms with Gasteiger partial charge in [0.1, 0.15) is 0 Å². The monoisotopic (exact) mass is 325 g/mol. The van der Waals surface area contributed by atoms with Crippen molar-refractivity contribution in [2.24, 2.45) is 0 Å². The third-order valence-electron chi connectivity index (χ3n) is 5.52. The van der Waals surface area contributed by atoms with Gasteiger partial charge in [0, 0.05) is 44.1 Å². The fourth-order valence-electron chi connectivity index (χ4n) is 4.18. The molecule has 1 spiro atoms. The molecule has 2 aliphatic heterocycles. The maximum atomic E-state index is 12.8. The van der Waals surface area contributed by atoms with Gasteiger partial charge in [0.05, 0.1) is 6.26 Å². The molecule has 0 saturated carbocycles. The van der Waals surface area contributed by atoms with Gasteiger partial charge in [0.2, 0.25) is 0 Å². The van der Waals surface area contributed by atoms with Crippen molar-refractivity contribution >= 4 is 5.91 Å². The average Bonchev–Trinajstić information content (AvgIpc) is 3.28. The summed E-state index contributed by atoms with van der Waals surface area (Å²) in [7, 11) is 0. The molecule has 2 saturated heterocycles. The Kier molecular flexibility index (Phi) is 4.10. The highest BCUT2D eigenvalue weighted by atomic mass is 16.3. The van der Waals surface area contributed by atoms with E-state index in [9.17, 15) is 4.79 Å². The van der Waals surface area contributed by atoms with E-state index in [1.54, 1.807) is 18.4 Å². The number of aromatic nitrogens is 1. The summed E-state index contributed by atoms with van der Waals surface area (Å²) in [5.41, 5.74) is 1.33. The van der Waals surface area contributed by atoms with Gasteiger partial charge in [-0.15, -0.1) is 0 Å². The second kappa shape index (κ2) is 6.40. The van der Waals surface area contributed by atoms with Crippen LogP contribution in [0.25, 0.3) is 0 Å². The lowest BCUT2D eigenvalue weighted by atomic mass is 9.84. The van der Waals surface area contributed by atoms with Crippen LogP contribution in [0.3, 0.4) is 0 Å². The maximum absolute atomic E-state index is 12.8. The average molecular weight is 325 g/mol. The molecule has 2 aromatic heterocycles. The van der Waals surface area contributed by atoms with E-state index in [0.29, 0.717) is 5.76 Å². The van der Waals surface area contributed by atoms with E-state index in [1.165, 1.54) is 5.56 Å². The van der Waals surface area contributed by atoms with Crippen molar-refractivity contribution < 1.29 is 9.21 Å². The molecule has 1 amide bonds. The Bertz CT molecular complexity index is 676. The van der Waals surface area contributed by atoms with E-state index in [4.69, 9.17) is 4.42 Å². The normalized spacial score (nSPS) is 20.6. The van der Waals surface area contributed by atoms with E-state index in [2.05, 4.69) is 26.9 Å². The molecule has 0 N–H and O–H groups in total. The number of rotatable bonds is 3. The molecule has 2 aromatic rings. The Hall–Kier alpha value is -2.14. The predicted molar refractivity (Wildman–Crippen MR) is 90.5 cm³/mol. The Morgan fingerprint density at radius 3 is 2.62 bits per heavy atom. The SMILES string of the molecule is O=C(c1ccco1)N1CCCC12CCN(Cc1ccncc1)CC2. The van der Waals surface area contributed by atoms with Crippen molar-refractivity contribution in [1.29, 1.82) is 0 Å². The molecule has 0 aromatic carbocycles. The molecule has 0 atom stereocenters. The zero-order valence-corrected chi connectivity index (χ0v) is 13.9. The molecule has 0 aliphatic carbocycles. The molecule has 4 rings (SSSR count). The summed E-state index contributed by atoms with van der Waals surface area (Å²) in [4.78, 5) is 21.4. The standard InChI is InChI=1S/C19H23N3O2/c23-18(17-3-1-14-24-17)22-11-2-6-19(22)7-12-21(13-8-19)15-16-4-9-20-10-5-16/h1,3-5,9-10,14H,2,6-8,11-13,15H2. The maximum Gasteiger partial charge on any atom is 0.290 e. The van der Waals surface area contributed by atoms with Crippen molar-refractivity contribution in [1.82, 2.24) is 14.8 Å². The summed E-state index contributed by atoms with van der Waals surface area (Å²) in [6.45, 7) is 3.88. The van der Waals surface area contributed by atoms with E-state index < -0.39 is 0 Å². The van der Waals surface area contributed by atoms with E-state index >= 15 is 0 Å². The highest BCUT2D eigenvalue weighted by molar-refractivity contribution is 5.92. The first-order valence-corrected chi connectivity index (χ1v) is 8.74. The second-order valence-corrected chi connectivity index (χ2v) is 6.89. The van der Waals surface area contributed by atoms with Crippen LogP contribution in [0.1, 0.15) is 41.8 Å². The van der Waals surface area contributed by atoms with Crippen LogP contribution in [0.15, 0.2) is 47.3 Å². The van der Waals surface area contributed by atoms with Gasteiger partial charge in [-0.05, 0) is 55.5 Å². The highest BCUT2D eigenvalue weighted by Gasteiger charge is 2.45. The van der Waals surface area contributed by atoms with Crippen LogP contribution in [-0.4, -0.2) is 45.9 Å². The van der Waals surface area contributed by atoms with Gasteiger partial charge in [0.15, 0.2) is 5.76 Å². The summed E-state index contributed by atoms with van der Waals surface area (Å²) < 4.78 is 5.33. The molecular formula is C19H23N3O2. The first-order valence-electron chi connectivity index (χ1n) is 8.74. The van der Waals surface area contributed by atoms with Gasteiger partial charge in [-0.25, -0.2) is 0 Å². The third-order valence-corrected chi connectivity index (χ3v) is 5.52. The van der Waals surface area contributed by atoms with Gasteiger partial charge >= 0.3 is 0 Å². The lowest BCUT2D eigenvalue weighted by molar-refractivity contribution is 0.0332. The zero-order chi connectivity index (χ0) is 16.4. The molecule has 4 heterocycles. The zero-order valence-electron chi connectivity index (χ0n) is 13.9. The van der Waals surface area contributed by atoms with Crippen LogP contribution in [-0.2, 0) is 6.54 Å². The number of carbonyl (C=O) groups excluding carboxylic acids is 1. The lowest BCUT2D eigenvalue weighted by Crippen LogP contribution is -2.53. The highest BCUT2D eigenvalue weighted by Crippen LogP contribution is 2.39. The largest absolute Gasteiger partial charge is 0.459 e. The van der Waals surface area contributed by atoms with Crippen LogP contribution in [0, 0.1) is 0 Å². The summed E-state index contributed by atoms with van der Waals surface area (Å²) in [5.74, 6) is 0.524. The smallest absolute Gasteiger partial charge is 0.290 e. The Morgan fingerprint density at radius 1 is 1.12 bits per heavy atom. The van der Waals surface area contributed by atoms with Crippen molar-refractivity contribution in [3.05, 3.63) is 54.2 Å². The predicted octanol–water partition coefficient (Wildman–Crippen LogP) is 2.95. The summed E-state index contributed by atoms with van der Waals surface area (Å²) >= 11 is 0. The van der Waals surface area contributed by atoms with Gasteiger partial charge in [0.25, 0.3) is 5.91 Å². The number of piperidine rings is 1. The number of likely N-dealkylation sites (tertiary alicyclic amines) is 2. The third kappa shape index (κ3) is 2.84. The van der Waals surface area contributed by atoms with Crippen molar-refractivity contribution in [3.8, 4) is 0 Å². The minimum absolute atomic E-state index is 0.0264. The first kappa shape index (κ1) is 15.4. The molecule has 5 nitrogen and oxygen atoms in total. The molecule has 2 fully saturated rings. The first-order chi connectivity index (χ1) is 11.8. The molecule has 24 heavy (non-hydrogen) atoms.